The van der Waals surface area contributed by atoms with Crippen molar-refractivity contribution in [1.82, 2.24) is 14.1 Å². The first-order valence-corrected chi connectivity index (χ1v) is 11.5. The van der Waals surface area contributed by atoms with Crippen LogP contribution in [0.3, 0.4) is 0 Å². The SMILES string of the molecule is C[C@@H]1CN(S(=O)(=O)C2CCCCC2)C[C@@H]1n1nc(CC(=O)O)c2ccccc21. The highest BCUT2D eigenvalue weighted by Crippen LogP contribution is 2.35. The molecule has 1 aliphatic carbocycles. The fourth-order valence-electron chi connectivity index (χ4n) is 4.69. The normalized spacial score (nSPS) is 24.8. The lowest BCUT2D eigenvalue weighted by Gasteiger charge is -2.27. The topological polar surface area (TPSA) is 92.5 Å². The molecule has 28 heavy (non-hydrogen) atoms. The fraction of sp³-hybridized carbons (Fsp3) is 0.600. The Hall–Kier alpha value is -1.93. The average molecular weight is 406 g/mol. The number of aliphatic carboxylic acids is 1. The summed E-state index contributed by atoms with van der Waals surface area (Å²) in [5, 5.41) is 14.4. The number of nitrogens with zero attached hydrogens (tertiary/aromatic N) is 3. The van der Waals surface area contributed by atoms with Crippen LogP contribution in [0.15, 0.2) is 24.3 Å². The molecular weight excluding hydrogens is 378 g/mol. The summed E-state index contributed by atoms with van der Waals surface area (Å²) in [4.78, 5) is 11.2. The molecule has 2 aliphatic rings. The first-order chi connectivity index (χ1) is 13.4. The molecule has 2 heterocycles. The predicted molar refractivity (Wildman–Crippen MR) is 107 cm³/mol. The van der Waals surface area contributed by atoms with Crippen LogP contribution in [-0.2, 0) is 21.2 Å². The van der Waals surface area contributed by atoms with Crippen molar-refractivity contribution < 1.29 is 18.3 Å². The van der Waals surface area contributed by atoms with E-state index in [0.717, 1.165) is 43.0 Å². The number of aromatic nitrogens is 2. The molecule has 2 fully saturated rings. The molecule has 1 aromatic carbocycles. The standard InChI is InChI=1S/C20H27N3O4S/c1-14-12-22(28(26,27)15-7-3-2-4-8-15)13-19(14)23-18-10-6-5-9-16(18)17(21-23)11-20(24)25/h5-6,9-10,14-15,19H,2-4,7-8,11-13H2,1H3,(H,24,25)/t14-,19+/m1/s1. The van der Waals surface area contributed by atoms with Crippen LogP contribution in [0, 0.1) is 5.92 Å². The molecule has 0 unspecified atom stereocenters. The quantitative estimate of drug-likeness (QED) is 0.826. The van der Waals surface area contributed by atoms with Gasteiger partial charge < -0.3 is 5.11 Å². The van der Waals surface area contributed by atoms with E-state index in [1.54, 1.807) is 4.31 Å². The number of carbonyl (C=O) groups is 1. The summed E-state index contributed by atoms with van der Waals surface area (Å²) in [6.07, 6.45) is 4.46. The maximum Gasteiger partial charge on any atom is 0.309 e. The van der Waals surface area contributed by atoms with Gasteiger partial charge in [-0.05, 0) is 24.8 Å². The van der Waals surface area contributed by atoms with Gasteiger partial charge in [-0.1, -0.05) is 44.4 Å². The number of sulfonamides is 1. The monoisotopic (exact) mass is 405 g/mol. The Balaban J connectivity index is 1.64. The van der Waals surface area contributed by atoms with Gasteiger partial charge in [-0.3, -0.25) is 9.48 Å². The second kappa shape index (κ2) is 7.48. The second-order valence-electron chi connectivity index (χ2n) is 8.15. The van der Waals surface area contributed by atoms with Crippen molar-refractivity contribution >= 4 is 26.9 Å². The molecule has 8 heteroatoms. The summed E-state index contributed by atoms with van der Waals surface area (Å²) in [6.45, 7) is 2.94. The van der Waals surface area contributed by atoms with E-state index in [1.165, 1.54) is 0 Å². The third-order valence-corrected chi connectivity index (χ3v) is 8.53. The van der Waals surface area contributed by atoms with E-state index in [-0.39, 0.29) is 23.6 Å². The Morgan fingerprint density at radius 2 is 1.89 bits per heavy atom. The number of hydrogen-bond acceptors (Lipinski definition) is 4. The smallest absolute Gasteiger partial charge is 0.309 e. The number of para-hydroxylation sites is 1. The first kappa shape index (κ1) is 19.4. The van der Waals surface area contributed by atoms with Gasteiger partial charge in [0, 0.05) is 18.5 Å². The van der Waals surface area contributed by atoms with Gasteiger partial charge in [0.1, 0.15) is 0 Å². The lowest BCUT2D eigenvalue weighted by atomic mass is 10.0. The molecule has 1 aromatic heterocycles. The van der Waals surface area contributed by atoms with E-state index >= 15 is 0 Å². The highest BCUT2D eigenvalue weighted by atomic mass is 32.2. The Kier molecular flexibility index (Phi) is 5.18. The van der Waals surface area contributed by atoms with Gasteiger partial charge in [0.15, 0.2) is 0 Å². The van der Waals surface area contributed by atoms with Gasteiger partial charge in [-0.25, -0.2) is 8.42 Å². The van der Waals surface area contributed by atoms with Crippen molar-refractivity contribution in [2.24, 2.45) is 5.92 Å². The van der Waals surface area contributed by atoms with E-state index in [2.05, 4.69) is 5.10 Å². The maximum atomic E-state index is 13.1. The molecule has 0 amide bonds. The molecule has 1 N–H and O–H groups in total. The van der Waals surface area contributed by atoms with Gasteiger partial charge in [0.05, 0.1) is 28.9 Å². The number of benzene rings is 1. The minimum absolute atomic E-state index is 0.0918. The predicted octanol–water partition coefficient (Wildman–Crippen LogP) is 2.82. The van der Waals surface area contributed by atoms with Gasteiger partial charge in [0.25, 0.3) is 0 Å². The van der Waals surface area contributed by atoms with Crippen LogP contribution in [0.5, 0.6) is 0 Å². The molecule has 0 spiro atoms. The third-order valence-electron chi connectivity index (χ3n) is 6.20. The van der Waals surface area contributed by atoms with Gasteiger partial charge in [-0.2, -0.15) is 9.40 Å². The van der Waals surface area contributed by atoms with Crippen LogP contribution < -0.4 is 0 Å². The van der Waals surface area contributed by atoms with E-state index in [4.69, 9.17) is 0 Å². The number of fused-ring (bicyclic) bond motifs is 1. The van der Waals surface area contributed by atoms with Gasteiger partial charge in [-0.15, -0.1) is 0 Å². The van der Waals surface area contributed by atoms with E-state index in [1.807, 2.05) is 35.9 Å². The Morgan fingerprint density at radius 1 is 1.18 bits per heavy atom. The Bertz CT molecular complexity index is 978. The average Bonchev–Trinajstić information content (AvgIpc) is 3.23. The number of hydrogen-bond donors (Lipinski definition) is 1. The molecule has 1 saturated carbocycles. The molecule has 0 bridgehead atoms. The van der Waals surface area contributed by atoms with E-state index in [0.29, 0.717) is 18.8 Å². The molecule has 152 valence electrons. The molecule has 4 rings (SSSR count). The van der Waals surface area contributed by atoms with E-state index < -0.39 is 16.0 Å². The van der Waals surface area contributed by atoms with Crippen LogP contribution in [0.25, 0.3) is 10.9 Å². The molecule has 0 radical (unpaired) electrons. The van der Waals surface area contributed by atoms with Crippen molar-refractivity contribution in [2.45, 2.75) is 56.7 Å². The summed E-state index contributed by atoms with van der Waals surface area (Å²) >= 11 is 0. The Morgan fingerprint density at radius 3 is 2.61 bits per heavy atom. The molecule has 2 aromatic rings. The third kappa shape index (κ3) is 3.43. The first-order valence-electron chi connectivity index (χ1n) is 10.0. The van der Waals surface area contributed by atoms with Crippen LogP contribution in [0.1, 0.15) is 50.8 Å². The largest absolute Gasteiger partial charge is 0.481 e. The van der Waals surface area contributed by atoms with Crippen LogP contribution in [0.4, 0.5) is 0 Å². The minimum Gasteiger partial charge on any atom is -0.481 e. The molecule has 7 nitrogen and oxygen atoms in total. The summed E-state index contributed by atoms with van der Waals surface area (Å²) in [7, 11) is -3.30. The van der Waals surface area contributed by atoms with Crippen molar-refractivity contribution in [1.29, 1.82) is 0 Å². The van der Waals surface area contributed by atoms with Crippen molar-refractivity contribution in [3.8, 4) is 0 Å². The van der Waals surface area contributed by atoms with Crippen molar-refractivity contribution in [2.75, 3.05) is 13.1 Å². The molecule has 2 atom stereocenters. The maximum absolute atomic E-state index is 13.1. The fourth-order valence-corrected chi connectivity index (χ4v) is 6.84. The lowest BCUT2D eigenvalue weighted by molar-refractivity contribution is -0.136. The number of carboxylic acids is 1. The van der Waals surface area contributed by atoms with Gasteiger partial charge in [0.2, 0.25) is 10.0 Å². The molecular formula is C20H27N3O4S. The number of carboxylic acid groups (broad SMARTS) is 1. The highest BCUT2D eigenvalue weighted by molar-refractivity contribution is 7.89. The zero-order valence-corrected chi connectivity index (χ0v) is 16.9. The van der Waals surface area contributed by atoms with Crippen molar-refractivity contribution in [3.05, 3.63) is 30.0 Å². The zero-order valence-electron chi connectivity index (χ0n) is 16.1. The second-order valence-corrected chi connectivity index (χ2v) is 10.4. The number of rotatable bonds is 5. The summed E-state index contributed by atoms with van der Waals surface area (Å²) in [5.41, 5.74) is 1.40. The van der Waals surface area contributed by atoms with Gasteiger partial charge >= 0.3 is 5.97 Å². The summed E-state index contributed by atoms with van der Waals surface area (Å²) < 4.78 is 29.8. The highest BCUT2D eigenvalue weighted by Gasteiger charge is 2.42. The molecule has 1 aliphatic heterocycles. The van der Waals surface area contributed by atoms with Crippen molar-refractivity contribution in [3.63, 3.8) is 0 Å². The Labute approximate surface area is 165 Å². The summed E-state index contributed by atoms with van der Waals surface area (Å²) in [5.74, 6) is -0.810. The zero-order chi connectivity index (χ0) is 19.9. The van der Waals surface area contributed by atoms with Crippen LogP contribution in [0.2, 0.25) is 0 Å². The lowest BCUT2D eigenvalue weighted by Crippen LogP contribution is -2.38. The van der Waals surface area contributed by atoms with E-state index in [9.17, 15) is 18.3 Å². The van der Waals surface area contributed by atoms with Crippen LogP contribution >= 0.6 is 0 Å². The minimum atomic E-state index is -3.30. The molecule has 1 saturated heterocycles. The summed E-state index contributed by atoms with van der Waals surface area (Å²) in [6, 6.07) is 7.50. The van der Waals surface area contributed by atoms with Crippen LogP contribution in [-0.4, -0.2) is 51.9 Å².